The fourth-order valence-corrected chi connectivity index (χ4v) is 1.23. The highest BCUT2D eigenvalue weighted by atomic mass is 35.7. The maximum atomic E-state index is 5.39. The van der Waals surface area contributed by atoms with Gasteiger partial charge in [0.2, 0.25) is 0 Å². The Morgan fingerprint density at radius 3 is 2.58 bits per heavy atom. The van der Waals surface area contributed by atoms with Gasteiger partial charge in [0.15, 0.2) is 0 Å². The van der Waals surface area contributed by atoms with Crippen molar-refractivity contribution in [3.8, 4) is 0 Å². The third-order valence-electron chi connectivity index (χ3n) is 1.61. The van der Waals surface area contributed by atoms with Crippen LogP contribution in [-0.2, 0) is 0 Å². The molecule has 1 N–H and O–H groups in total. The lowest BCUT2D eigenvalue weighted by Gasteiger charge is -2.03. The Kier molecular flexibility index (Phi) is 7.36. The van der Waals surface area contributed by atoms with Gasteiger partial charge in [0.1, 0.15) is 0 Å². The van der Waals surface area contributed by atoms with Crippen LogP contribution >= 0.6 is 21.8 Å². The van der Waals surface area contributed by atoms with Crippen molar-refractivity contribution in [2.75, 3.05) is 6.54 Å². The Balaban J connectivity index is 3.99. The van der Waals surface area contributed by atoms with E-state index in [9.17, 15) is 0 Å². The van der Waals surface area contributed by atoms with E-state index in [0.29, 0.717) is 0 Å². The smallest absolute Gasteiger partial charge is 0.0277 e. The molecule has 0 aromatic heterocycles. The van der Waals surface area contributed by atoms with Gasteiger partial charge in [0.25, 0.3) is 0 Å². The number of rotatable bonds is 6. The zero-order valence-electron chi connectivity index (χ0n) is 7.27. The first-order chi connectivity index (χ1) is 5.76. The van der Waals surface area contributed by atoms with E-state index in [1.54, 1.807) is 0 Å². The van der Waals surface area contributed by atoms with E-state index in [-0.39, 0.29) is 0 Å². The van der Waals surface area contributed by atoms with Crippen LogP contribution < -0.4 is 4.72 Å². The minimum Gasteiger partial charge on any atom is -0.250 e. The zero-order chi connectivity index (χ0) is 9.40. The van der Waals surface area contributed by atoms with Crippen LogP contribution in [0.2, 0.25) is 0 Å². The number of nitrogens with one attached hydrogen (secondary N) is 1. The highest BCUT2D eigenvalue weighted by Gasteiger charge is 1.95. The monoisotopic (exact) mass is 203 g/mol. The molecule has 0 radical (unpaired) electrons. The Morgan fingerprint density at radius 2 is 2.17 bits per heavy atom. The van der Waals surface area contributed by atoms with Crippen molar-refractivity contribution in [2.45, 2.75) is 13.3 Å². The summed E-state index contributed by atoms with van der Waals surface area (Å²) >= 11 is 1.11. The lowest BCUT2D eigenvalue weighted by atomic mass is 10.1. The van der Waals surface area contributed by atoms with Crippen molar-refractivity contribution in [1.82, 2.24) is 4.72 Å². The van der Waals surface area contributed by atoms with Crippen molar-refractivity contribution >= 4 is 21.8 Å². The third-order valence-corrected chi connectivity index (χ3v) is 2.25. The van der Waals surface area contributed by atoms with E-state index in [0.717, 1.165) is 24.1 Å². The molecular weight excluding hydrogens is 190 g/mol. The fraction of sp³-hybridized carbons (Fsp3) is 0.333. The Morgan fingerprint density at radius 1 is 1.50 bits per heavy atom. The Labute approximate surface area is 83.2 Å². The van der Waals surface area contributed by atoms with Gasteiger partial charge in [-0.3, -0.25) is 4.72 Å². The van der Waals surface area contributed by atoms with Gasteiger partial charge >= 0.3 is 0 Å². The molecule has 0 saturated heterocycles. The molecule has 0 aliphatic carbocycles. The summed E-state index contributed by atoms with van der Waals surface area (Å²) < 4.78 is 2.96. The van der Waals surface area contributed by atoms with Crippen molar-refractivity contribution in [3.63, 3.8) is 0 Å². The van der Waals surface area contributed by atoms with Crippen LogP contribution in [0.25, 0.3) is 0 Å². The minimum atomic E-state index is 0.848. The molecule has 0 aromatic carbocycles. The molecule has 0 amide bonds. The summed E-state index contributed by atoms with van der Waals surface area (Å²) in [4.78, 5) is 0. The minimum absolute atomic E-state index is 0.848. The number of hydrogen-bond acceptors (Lipinski definition) is 2. The van der Waals surface area contributed by atoms with Crippen molar-refractivity contribution < 1.29 is 0 Å². The van der Waals surface area contributed by atoms with Crippen LogP contribution in [0, 0.1) is 0 Å². The SMILES string of the molecule is C=C/C(C)=C(\C=C)CCNSCl. The molecule has 0 rings (SSSR count). The van der Waals surface area contributed by atoms with Gasteiger partial charge in [-0.1, -0.05) is 25.3 Å². The molecular formula is C9H14ClNS. The topological polar surface area (TPSA) is 12.0 Å². The van der Waals surface area contributed by atoms with Crippen LogP contribution in [0.15, 0.2) is 36.5 Å². The standard InChI is InChI=1S/C9H14ClNS/c1-4-8(3)9(5-2)6-7-11-12-10/h4-5,11H,1-2,6-7H2,3H3/b9-8+. The quantitative estimate of drug-likeness (QED) is 0.403. The first-order valence-corrected chi connectivity index (χ1v) is 5.35. The first-order valence-electron chi connectivity index (χ1n) is 3.71. The fourth-order valence-electron chi connectivity index (χ4n) is 0.816. The van der Waals surface area contributed by atoms with Gasteiger partial charge in [0.05, 0.1) is 0 Å². The lowest BCUT2D eigenvalue weighted by molar-refractivity contribution is 0.909. The average Bonchev–Trinajstić information content (AvgIpc) is 2.11. The normalized spacial score (nSPS) is 12.2. The molecule has 1 nitrogen and oxygen atoms in total. The van der Waals surface area contributed by atoms with E-state index in [1.807, 2.05) is 19.1 Å². The van der Waals surface area contributed by atoms with Gasteiger partial charge < -0.3 is 0 Å². The summed E-state index contributed by atoms with van der Waals surface area (Å²) in [5.74, 6) is 0. The van der Waals surface area contributed by atoms with Crippen LogP contribution in [0.1, 0.15) is 13.3 Å². The van der Waals surface area contributed by atoms with Crippen LogP contribution in [-0.4, -0.2) is 6.54 Å². The van der Waals surface area contributed by atoms with Crippen molar-refractivity contribution in [3.05, 3.63) is 36.5 Å². The maximum Gasteiger partial charge on any atom is 0.0277 e. The van der Waals surface area contributed by atoms with Crippen molar-refractivity contribution in [2.24, 2.45) is 0 Å². The second-order valence-corrected chi connectivity index (χ2v) is 3.24. The first kappa shape index (κ1) is 11.8. The summed E-state index contributed by atoms with van der Waals surface area (Å²) in [6.45, 7) is 10.3. The predicted molar refractivity (Wildman–Crippen MR) is 59.2 cm³/mol. The Bertz CT molecular complexity index is 187. The molecule has 0 aliphatic heterocycles. The number of allylic oxidation sites excluding steroid dienone is 3. The third kappa shape index (κ3) is 4.65. The molecule has 0 atom stereocenters. The maximum absolute atomic E-state index is 5.39. The summed E-state index contributed by atoms with van der Waals surface area (Å²) in [6.07, 6.45) is 4.63. The highest BCUT2D eigenvalue weighted by Crippen LogP contribution is 2.10. The second kappa shape index (κ2) is 7.47. The summed E-state index contributed by atoms with van der Waals surface area (Å²) in [7, 11) is 5.39. The molecule has 12 heavy (non-hydrogen) atoms. The number of halogens is 1. The molecule has 0 fully saturated rings. The molecule has 0 saturated carbocycles. The highest BCUT2D eigenvalue weighted by molar-refractivity contribution is 8.19. The Hall–Kier alpha value is -0.180. The summed E-state index contributed by atoms with van der Waals surface area (Å²) in [5.41, 5.74) is 2.38. The van der Waals surface area contributed by atoms with Gasteiger partial charge in [-0.25, -0.2) is 0 Å². The van der Waals surface area contributed by atoms with Crippen LogP contribution in [0.5, 0.6) is 0 Å². The number of hydrogen-bond donors (Lipinski definition) is 1. The molecule has 0 heterocycles. The van der Waals surface area contributed by atoms with Gasteiger partial charge in [0, 0.05) is 17.7 Å². The molecule has 3 heteroatoms. The van der Waals surface area contributed by atoms with E-state index in [4.69, 9.17) is 10.7 Å². The van der Waals surface area contributed by atoms with Gasteiger partial charge in [-0.2, -0.15) is 0 Å². The van der Waals surface area contributed by atoms with Gasteiger partial charge in [-0.15, -0.1) is 0 Å². The average molecular weight is 204 g/mol. The van der Waals surface area contributed by atoms with E-state index in [1.165, 1.54) is 11.1 Å². The molecule has 0 aromatic rings. The zero-order valence-corrected chi connectivity index (χ0v) is 8.84. The summed E-state index contributed by atoms with van der Waals surface area (Å²) in [6, 6.07) is 0. The molecule has 0 spiro atoms. The molecule has 0 aliphatic rings. The van der Waals surface area contributed by atoms with Crippen molar-refractivity contribution in [1.29, 1.82) is 0 Å². The molecule has 68 valence electrons. The lowest BCUT2D eigenvalue weighted by Crippen LogP contribution is -2.04. The van der Waals surface area contributed by atoms with Crippen LogP contribution in [0.3, 0.4) is 0 Å². The predicted octanol–water partition coefficient (Wildman–Crippen LogP) is 3.46. The summed E-state index contributed by atoms with van der Waals surface area (Å²) in [5, 5.41) is 0. The molecule has 0 unspecified atom stereocenters. The van der Waals surface area contributed by atoms with E-state index < -0.39 is 0 Å². The van der Waals surface area contributed by atoms with Gasteiger partial charge in [-0.05, 0) is 35.2 Å². The van der Waals surface area contributed by atoms with E-state index in [2.05, 4.69) is 17.9 Å². The van der Waals surface area contributed by atoms with Crippen LogP contribution in [0.4, 0.5) is 0 Å². The largest absolute Gasteiger partial charge is 0.250 e. The molecule has 0 bridgehead atoms. The second-order valence-electron chi connectivity index (χ2n) is 2.34. The van der Waals surface area contributed by atoms with E-state index >= 15 is 0 Å².